The number of methoxy groups -OCH3 is 1. The van der Waals surface area contributed by atoms with Crippen molar-refractivity contribution in [3.8, 4) is 17.2 Å². The van der Waals surface area contributed by atoms with Gasteiger partial charge in [-0.2, -0.15) is 0 Å². The molecule has 0 saturated heterocycles. The Hall–Kier alpha value is -3.32. The summed E-state index contributed by atoms with van der Waals surface area (Å²) in [7, 11) is 1.51. The van der Waals surface area contributed by atoms with Crippen LogP contribution in [0.5, 0.6) is 17.2 Å². The number of benzene rings is 2. The number of aliphatic hydroxyl groups excluding tert-OH is 1. The minimum Gasteiger partial charge on any atom is -0.495 e. The van der Waals surface area contributed by atoms with E-state index in [1.165, 1.54) is 13.2 Å². The van der Waals surface area contributed by atoms with Crippen LogP contribution >= 0.6 is 0 Å². The first-order valence-corrected chi connectivity index (χ1v) is 7.98. The van der Waals surface area contributed by atoms with E-state index in [-0.39, 0.29) is 18.8 Å². The number of aliphatic hydroxyl groups is 1. The molecule has 26 heavy (non-hydrogen) atoms. The Morgan fingerprint density at radius 2 is 1.85 bits per heavy atom. The van der Waals surface area contributed by atoms with Gasteiger partial charge in [0.05, 0.1) is 25.9 Å². The van der Waals surface area contributed by atoms with E-state index >= 15 is 0 Å². The maximum atomic E-state index is 12.3. The summed E-state index contributed by atoms with van der Waals surface area (Å²) in [6, 6.07) is 14.4. The van der Waals surface area contributed by atoms with Crippen molar-refractivity contribution in [1.29, 1.82) is 0 Å². The fourth-order valence-corrected chi connectivity index (χ4v) is 2.53. The molecule has 0 aromatic heterocycles. The lowest BCUT2D eigenvalue weighted by molar-refractivity contribution is -0.137. The molecule has 7 heteroatoms. The second-order valence-electron chi connectivity index (χ2n) is 5.48. The van der Waals surface area contributed by atoms with Gasteiger partial charge in [-0.15, -0.1) is 0 Å². The Bertz CT molecular complexity index is 848. The summed E-state index contributed by atoms with van der Waals surface area (Å²) in [5.41, 5.74) is 0.595. The van der Waals surface area contributed by atoms with E-state index in [1.807, 2.05) is 30.3 Å². The first kappa shape index (κ1) is 17.5. The average Bonchev–Trinajstić information content (AvgIpc) is 2.91. The number of β-amino-alcohol motifs (C(OH)–C–C–N with tert-alkyl or cyclic N) is 1. The number of para-hydroxylation sites is 1. The molecule has 3 rings (SSSR count). The molecule has 0 bridgehead atoms. The Morgan fingerprint density at radius 3 is 2.54 bits per heavy atom. The maximum absolute atomic E-state index is 12.3. The number of carbonyl (C=O) groups excluding carboxylic acids is 2. The number of amides is 2. The summed E-state index contributed by atoms with van der Waals surface area (Å²) in [4.78, 5) is 25.1. The van der Waals surface area contributed by atoms with Gasteiger partial charge >= 0.3 is 0 Å². The number of rotatable bonds is 7. The normalized spacial score (nSPS) is 13.6. The molecule has 1 aliphatic heterocycles. The lowest BCUT2D eigenvalue weighted by Crippen LogP contribution is -2.34. The van der Waals surface area contributed by atoms with Crippen LogP contribution < -0.4 is 14.8 Å². The van der Waals surface area contributed by atoms with Crippen LogP contribution in [0.2, 0.25) is 0 Å². The third-order valence-corrected chi connectivity index (χ3v) is 3.75. The van der Waals surface area contributed by atoms with Crippen molar-refractivity contribution in [2.24, 2.45) is 0 Å². The first-order valence-electron chi connectivity index (χ1n) is 7.98. The molecule has 2 N–H and O–H groups in total. The quantitative estimate of drug-likeness (QED) is 0.741. The van der Waals surface area contributed by atoms with Gasteiger partial charge in [0.1, 0.15) is 22.9 Å². The molecule has 0 atom stereocenters. The van der Waals surface area contributed by atoms with Crippen LogP contribution in [0.3, 0.4) is 0 Å². The topological polar surface area (TPSA) is 88.1 Å². The molecule has 0 spiro atoms. The van der Waals surface area contributed by atoms with E-state index in [2.05, 4.69) is 5.32 Å². The van der Waals surface area contributed by atoms with Crippen LogP contribution in [0.25, 0.3) is 0 Å². The Kier molecular flexibility index (Phi) is 5.19. The van der Waals surface area contributed by atoms with Crippen molar-refractivity contribution in [3.05, 3.63) is 60.3 Å². The minimum atomic E-state index is -0.500. The van der Waals surface area contributed by atoms with Crippen molar-refractivity contribution >= 4 is 17.5 Å². The molecule has 134 valence electrons. The molecule has 0 fully saturated rings. The van der Waals surface area contributed by atoms with Gasteiger partial charge in [0.2, 0.25) is 0 Å². The molecule has 1 heterocycles. The van der Waals surface area contributed by atoms with Gasteiger partial charge in [-0.3, -0.25) is 14.5 Å². The van der Waals surface area contributed by atoms with E-state index in [0.29, 0.717) is 22.9 Å². The largest absolute Gasteiger partial charge is 0.495 e. The molecule has 2 aromatic carbocycles. The fourth-order valence-electron chi connectivity index (χ4n) is 2.53. The summed E-state index contributed by atoms with van der Waals surface area (Å²) in [6.07, 6.45) is 1.20. The van der Waals surface area contributed by atoms with Gasteiger partial charge in [0.25, 0.3) is 11.8 Å². The SMILES string of the molecule is COc1ccc(Oc2ccccc2)cc1NC1=CC(=O)N(CCO)C1=O. The monoisotopic (exact) mass is 354 g/mol. The van der Waals surface area contributed by atoms with Crippen molar-refractivity contribution in [2.45, 2.75) is 0 Å². The predicted octanol–water partition coefficient (Wildman–Crippen LogP) is 2.14. The molecule has 2 amide bonds. The molecular weight excluding hydrogens is 336 g/mol. The number of hydrogen-bond donors (Lipinski definition) is 2. The molecule has 0 saturated carbocycles. The highest BCUT2D eigenvalue weighted by molar-refractivity contribution is 6.17. The van der Waals surface area contributed by atoms with E-state index in [4.69, 9.17) is 14.6 Å². The number of anilines is 1. The van der Waals surface area contributed by atoms with Crippen molar-refractivity contribution < 1.29 is 24.2 Å². The fraction of sp³-hybridized carbons (Fsp3) is 0.158. The number of ether oxygens (including phenoxy) is 2. The Morgan fingerprint density at radius 1 is 1.08 bits per heavy atom. The summed E-state index contributed by atoms with van der Waals surface area (Å²) in [5.74, 6) is 0.739. The third-order valence-electron chi connectivity index (χ3n) is 3.75. The zero-order chi connectivity index (χ0) is 18.5. The lowest BCUT2D eigenvalue weighted by Gasteiger charge is -2.15. The summed E-state index contributed by atoms with van der Waals surface area (Å²) in [5, 5.41) is 11.9. The van der Waals surface area contributed by atoms with Crippen LogP contribution in [-0.4, -0.2) is 42.1 Å². The van der Waals surface area contributed by atoms with E-state index < -0.39 is 11.8 Å². The standard InChI is InChI=1S/C19H18N2O5/c1-25-17-8-7-14(26-13-5-3-2-4-6-13)11-15(17)20-16-12-18(23)21(9-10-22)19(16)24/h2-8,11-12,20,22H,9-10H2,1H3. The van der Waals surface area contributed by atoms with E-state index in [1.54, 1.807) is 18.2 Å². The number of nitrogens with one attached hydrogen (secondary N) is 1. The van der Waals surface area contributed by atoms with Gasteiger partial charge < -0.3 is 19.9 Å². The highest BCUT2D eigenvalue weighted by Gasteiger charge is 2.31. The molecule has 0 aliphatic carbocycles. The lowest BCUT2D eigenvalue weighted by atomic mass is 10.2. The molecule has 2 aromatic rings. The minimum absolute atomic E-state index is 0.0480. The highest BCUT2D eigenvalue weighted by Crippen LogP contribution is 2.33. The average molecular weight is 354 g/mol. The summed E-state index contributed by atoms with van der Waals surface area (Å²) < 4.78 is 11.1. The third kappa shape index (κ3) is 3.68. The second-order valence-corrected chi connectivity index (χ2v) is 5.48. The van der Waals surface area contributed by atoms with Crippen LogP contribution in [0.4, 0.5) is 5.69 Å². The zero-order valence-electron chi connectivity index (χ0n) is 14.1. The maximum Gasteiger partial charge on any atom is 0.277 e. The number of hydrogen-bond acceptors (Lipinski definition) is 6. The summed E-state index contributed by atoms with van der Waals surface area (Å²) in [6.45, 7) is -0.337. The Balaban J connectivity index is 1.83. The number of nitrogens with zero attached hydrogens (tertiary/aromatic N) is 1. The van der Waals surface area contributed by atoms with Crippen LogP contribution in [-0.2, 0) is 9.59 Å². The molecule has 7 nitrogen and oxygen atoms in total. The van der Waals surface area contributed by atoms with Crippen molar-refractivity contribution in [3.63, 3.8) is 0 Å². The van der Waals surface area contributed by atoms with Gasteiger partial charge in [-0.25, -0.2) is 0 Å². The zero-order valence-corrected chi connectivity index (χ0v) is 14.1. The summed E-state index contributed by atoms with van der Waals surface area (Å²) >= 11 is 0. The van der Waals surface area contributed by atoms with Crippen molar-refractivity contribution in [1.82, 2.24) is 4.90 Å². The van der Waals surface area contributed by atoms with Crippen molar-refractivity contribution in [2.75, 3.05) is 25.6 Å². The molecule has 0 unspecified atom stereocenters. The van der Waals surface area contributed by atoms with E-state index in [0.717, 1.165) is 4.90 Å². The van der Waals surface area contributed by atoms with Crippen LogP contribution in [0.1, 0.15) is 0 Å². The second kappa shape index (κ2) is 7.71. The highest BCUT2D eigenvalue weighted by atomic mass is 16.5. The van der Waals surface area contributed by atoms with Gasteiger partial charge in [0, 0.05) is 12.1 Å². The van der Waals surface area contributed by atoms with Gasteiger partial charge in [0.15, 0.2) is 0 Å². The Labute approximate surface area is 150 Å². The first-order chi connectivity index (χ1) is 12.6. The van der Waals surface area contributed by atoms with Gasteiger partial charge in [-0.1, -0.05) is 18.2 Å². The molecule has 1 aliphatic rings. The molecule has 0 radical (unpaired) electrons. The predicted molar refractivity (Wildman–Crippen MR) is 95.0 cm³/mol. The smallest absolute Gasteiger partial charge is 0.277 e. The number of imide groups is 1. The van der Waals surface area contributed by atoms with Crippen LogP contribution in [0.15, 0.2) is 60.3 Å². The van der Waals surface area contributed by atoms with Gasteiger partial charge in [-0.05, 0) is 24.3 Å². The van der Waals surface area contributed by atoms with Crippen LogP contribution in [0, 0.1) is 0 Å². The number of carbonyl (C=O) groups is 2. The molecular formula is C19H18N2O5. The van der Waals surface area contributed by atoms with E-state index in [9.17, 15) is 9.59 Å².